The molecule has 0 radical (unpaired) electrons. The monoisotopic (exact) mass is 795 g/mol. The number of nitrogens with zero attached hydrogens (tertiary/aromatic N) is 1. The molecule has 10 heteroatoms. The number of carbonyl (C=O) groups excluding carboxylic acids is 2. The van der Waals surface area contributed by atoms with Gasteiger partial charge in [-0.25, -0.2) is 4.98 Å². The quantitative estimate of drug-likeness (QED) is 0.0616. The van der Waals surface area contributed by atoms with Gasteiger partial charge in [0, 0.05) is 55.3 Å². The Bertz CT molecular complexity index is 2170. The molecule has 3 atom stereocenters. The zero-order chi connectivity index (χ0) is 40.1. The van der Waals surface area contributed by atoms with Crippen LogP contribution in [0.25, 0.3) is 33.7 Å². The number of aliphatic hydroxyl groups excluding tert-OH is 1. The van der Waals surface area contributed by atoms with Crippen molar-refractivity contribution < 1.29 is 28.6 Å². The molecule has 1 aromatic heterocycles. The highest BCUT2D eigenvalue weighted by molar-refractivity contribution is 7.99. The van der Waals surface area contributed by atoms with E-state index < -0.39 is 6.29 Å². The van der Waals surface area contributed by atoms with Crippen LogP contribution in [0.4, 0.5) is 0 Å². The lowest BCUT2D eigenvalue weighted by Crippen LogP contribution is -2.31. The lowest BCUT2D eigenvalue weighted by atomic mass is 9.97. The molecule has 0 saturated carbocycles. The summed E-state index contributed by atoms with van der Waals surface area (Å²) in [5, 5.41) is 16.1. The van der Waals surface area contributed by atoms with Gasteiger partial charge in [-0.1, -0.05) is 152 Å². The molecule has 0 spiro atoms. The SMILES string of the molecule is CC(=O)NCCCCCC(=O)NCc1ccccc1-c1ccc([C@@H]2O[C@H](CSc3nc(-c4ccccc4)c(-c4ccccc4)o3)C[C@H](c3ccc(CO)cc3)O2)cc1. The van der Waals surface area contributed by atoms with E-state index in [2.05, 4.69) is 28.8 Å². The van der Waals surface area contributed by atoms with Gasteiger partial charge in [-0.05, 0) is 40.7 Å². The summed E-state index contributed by atoms with van der Waals surface area (Å²) in [5.74, 6) is 1.32. The standard InChI is InChI=1S/C48H49N3O6S/c1-33(53)49-28-12-4-9-19-44(54)50-30-40-17-10-11-18-42(40)35-24-26-39(27-25-35)47-55-41(29-43(56-47)36-22-20-34(31-52)21-23-36)32-58-48-51-45(37-13-5-2-6-14-37)46(57-48)38-15-7-3-8-16-38/h2-3,5-8,10-11,13-18,20-27,41,43,47,52H,4,9,12,19,28-32H2,1H3,(H,49,53)(H,50,54)/t41-,43+,47+/m0/s1. The Kier molecular flexibility index (Phi) is 14.2. The van der Waals surface area contributed by atoms with Crippen LogP contribution in [-0.4, -0.2) is 40.3 Å². The first-order valence-electron chi connectivity index (χ1n) is 19.9. The molecule has 1 fully saturated rings. The van der Waals surface area contributed by atoms with Crippen LogP contribution < -0.4 is 10.6 Å². The van der Waals surface area contributed by atoms with E-state index in [9.17, 15) is 14.7 Å². The molecular weight excluding hydrogens is 747 g/mol. The third kappa shape index (κ3) is 10.9. The average Bonchev–Trinajstić information content (AvgIpc) is 3.71. The van der Waals surface area contributed by atoms with Gasteiger partial charge in [0.2, 0.25) is 11.8 Å². The van der Waals surface area contributed by atoms with E-state index in [1.54, 1.807) is 0 Å². The predicted molar refractivity (Wildman–Crippen MR) is 227 cm³/mol. The summed E-state index contributed by atoms with van der Waals surface area (Å²) in [7, 11) is 0. The van der Waals surface area contributed by atoms with Gasteiger partial charge in [0.05, 0.1) is 18.8 Å². The predicted octanol–water partition coefficient (Wildman–Crippen LogP) is 9.82. The van der Waals surface area contributed by atoms with Crippen LogP contribution in [0, 0.1) is 0 Å². The van der Waals surface area contributed by atoms with Crippen LogP contribution in [0.15, 0.2) is 143 Å². The summed E-state index contributed by atoms with van der Waals surface area (Å²) in [5.41, 5.74) is 8.62. The Hall–Kier alpha value is -5.52. The molecular formula is C48H49N3O6S. The van der Waals surface area contributed by atoms with Crippen LogP contribution in [0.2, 0.25) is 0 Å². The fraction of sp³-hybridized carbons (Fsp3) is 0.271. The first-order valence-corrected chi connectivity index (χ1v) is 20.9. The number of rotatable bonds is 17. The highest BCUT2D eigenvalue weighted by atomic mass is 32.2. The summed E-state index contributed by atoms with van der Waals surface area (Å²) >= 11 is 1.53. The molecule has 0 aliphatic carbocycles. The summed E-state index contributed by atoms with van der Waals surface area (Å²) < 4.78 is 19.8. The fourth-order valence-corrected chi connectivity index (χ4v) is 7.88. The Morgan fingerprint density at radius 3 is 2.16 bits per heavy atom. The minimum absolute atomic E-state index is 0.0145. The van der Waals surface area contributed by atoms with Crippen molar-refractivity contribution in [2.24, 2.45) is 0 Å². The number of thioether (sulfide) groups is 1. The van der Waals surface area contributed by atoms with E-state index in [1.165, 1.54) is 18.7 Å². The summed E-state index contributed by atoms with van der Waals surface area (Å²) in [4.78, 5) is 28.7. The molecule has 3 N–H and O–H groups in total. The van der Waals surface area contributed by atoms with Crippen molar-refractivity contribution in [2.45, 2.75) is 75.9 Å². The molecule has 6 aromatic rings. The minimum atomic E-state index is -0.618. The van der Waals surface area contributed by atoms with Crippen molar-refractivity contribution >= 4 is 23.6 Å². The first-order chi connectivity index (χ1) is 28.4. The van der Waals surface area contributed by atoms with E-state index in [0.717, 1.165) is 75.2 Å². The van der Waals surface area contributed by atoms with E-state index in [-0.39, 0.29) is 30.6 Å². The third-order valence-electron chi connectivity index (χ3n) is 10.1. The van der Waals surface area contributed by atoms with Crippen molar-refractivity contribution in [3.8, 4) is 33.7 Å². The second-order valence-corrected chi connectivity index (χ2v) is 15.4. The van der Waals surface area contributed by atoms with Gasteiger partial charge in [0.15, 0.2) is 12.1 Å². The van der Waals surface area contributed by atoms with Crippen LogP contribution in [0.1, 0.15) is 73.7 Å². The number of unbranched alkanes of at least 4 members (excludes halogenated alkanes) is 2. The average molecular weight is 796 g/mol. The largest absolute Gasteiger partial charge is 0.431 e. The summed E-state index contributed by atoms with van der Waals surface area (Å²) in [6.45, 7) is 2.55. The molecule has 58 heavy (non-hydrogen) atoms. The smallest absolute Gasteiger partial charge is 0.256 e. The fourth-order valence-electron chi connectivity index (χ4n) is 7.04. The van der Waals surface area contributed by atoms with Crippen molar-refractivity contribution in [3.05, 3.63) is 156 Å². The van der Waals surface area contributed by atoms with Crippen LogP contribution in [0.5, 0.6) is 0 Å². The molecule has 9 nitrogen and oxygen atoms in total. The molecule has 298 valence electrons. The van der Waals surface area contributed by atoms with E-state index in [1.807, 2.05) is 115 Å². The van der Waals surface area contributed by atoms with Crippen molar-refractivity contribution in [2.75, 3.05) is 12.3 Å². The second kappa shape index (κ2) is 20.3. The van der Waals surface area contributed by atoms with E-state index >= 15 is 0 Å². The number of amides is 2. The van der Waals surface area contributed by atoms with Gasteiger partial charge in [-0.15, -0.1) is 0 Å². The number of carbonyl (C=O) groups is 2. The number of hydrogen-bond acceptors (Lipinski definition) is 8. The Morgan fingerprint density at radius 1 is 0.741 bits per heavy atom. The maximum atomic E-state index is 12.6. The van der Waals surface area contributed by atoms with Gasteiger partial charge in [-0.2, -0.15) is 0 Å². The molecule has 5 aromatic carbocycles. The van der Waals surface area contributed by atoms with E-state index in [4.69, 9.17) is 18.9 Å². The lowest BCUT2D eigenvalue weighted by Gasteiger charge is -2.36. The Labute approximate surface area is 344 Å². The Balaban J connectivity index is 1.04. The molecule has 1 aliphatic heterocycles. The van der Waals surface area contributed by atoms with Crippen LogP contribution >= 0.6 is 11.8 Å². The number of ether oxygens (including phenoxy) is 2. The molecule has 2 heterocycles. The zero-order valence-corrected chi connectivity index (χ0v) is 33.5. The molecule has 1 aliphatic rings. The molecule has 1 saturated heterocycles. The third-order valence-corrected chi connectivity index (χ3v) is 11.1. The maximum Gasteiger partial charge on any atom is 0.256 e. The molecule has 2 amide bonds. The van der Waals surface area contributed by atoms with Crippen LogP contribution in [-0.2, 0) is 32.2 Å². The number of oxazole rings is 1. The molecule has 0 bridgehead atoms. The zero-order valence-electron chi connectivity index (χ0n) is 32.6. The maximum absolute atomic E-state index is 12.6. The van der Waals surface area contributed by atoms with Crippen molar-refractivity contribution in [1.29, 1.82) is 0 Å². The number of nitrogens with one attached hydrogen (secondary N) is 2. The highest BCUT2D eigenvalue weighted by Gasteiger charge is 2.33. The van der Waals surface area contributed by atoms with Crippen LogP contribution in [0.3, 0.4) is 0 Å². The summed E-state index contributed by atoms with van der Waals surface area (Å²) in [6.07, 6.45) is 2.57. The number of benzene rings is 5. The Morgan fingerprint density at radius 2 is 1.43 bits per heavy atom. The van der Waals surface area contributed by atoms with Gasteiger partial charge in [0.25, 0.3) is 5.22 Å². The highest BCUT2D eigenvalue weighted by Crippen LogP contribution is 2.41. The van der Waals surface area contributed by atoms with Gasteiger partial charge in [0.1, 0.15) is 5.69 Å². The van der Waals surface area contributed by atoms with Crippen molar-refractivity contribution in [3.63, 3.8) is 0 Å². The summed E-state index contributed by atoms with van der Waals surface area (Å²) in [6, 6.07) is 44.4. The molecule has 7 rings (SSSR count). The topological polar surface area (TPSA) is 123 Å². The van der Waals surface area contributed by atoms with Gasteiger partial charge >= 0.3 is 0 Å². The number of aromatic nitrogens is 1. The minimum Gasteiger partial charge on any atom is -0.431 e. The second-order valence-electron chi connectivity index (χ2n) is 14.4. The number of hydrogen-bond donors (Lipinski definition) is 3. The van der Waals surface area contributed by atoms with E-state index in [0.29, 0.717) is 36.9 Å². The van der Waals surface area contributed by atoms with Gasteiger partial charge in [-0.3, -0.25) is 9.59 Å². The van der Waals surface area contributed by atoms with Gasteiger partial charge < -0.3 is 29.6 Å². The first kappa shape index (κ1) is 40.7. The number of aliphatic hydroxyl groups is 1. The normalized spacial score (nSPS) is 16.5. The molecule has 0 unspecified atom stereocenters. The van der Waals surface area contributed by atoms with Crippen molar-refractivity contribution in [1.82, 2.24) is 15.6 Å². The lowest BCUT2D eigenvalue weighted by molar-refractivity contribution is -0.245.